The highest BCUT2D eigenvalue weighted by molar-refractivity contribution is 5.80. The van der Waals surface area contributed by atoms with Gasteiger partial charge in [-0.3, -0.25) is 14.3 Å². The molecule has 1 aromatic heterocycles. The number of benzene rings is 1. The Labute approximate surface area is 135 Å². The maximum atomic E-state index is 11.7. The van der Waals surface area contributed by atoms with Crippen LogP contribution < -0.4 is 5.73 Å². The minimum absolute atomic E-state index is 0.0432. The second-order valence-corrected chi connectivity index (χ2v) is 5.91. The molecule has 1 aliphatic heterocycles. The molecule has 2 atom stereocenters. The Morgan fingerprint density at radius 3 is 2.78 bits per heavy atom. The van der Waals surface area contributed by atoms with E-state index in [-0.39, 0.29) is 18.1 Å². The third kappa shape index (κ3) is 3.13. The van der Waals surface area contributed by atoms with Crippen molar-refractivity contribution in [1.82, 2.24) is 14.5 Å². The van der Waals surface area contributed by atoms with Crippen LogP contribution in [0, 0.1) is 6.92 Å². The molecule has 122 valence electrons. The van der Waals surface area contributed by atoms with E-state index in [0.717, 1.165) is 17.2 Å². The number of hydrogen-bond donors (Lipinski definition) is 1. The number of rotatable bonds is 5. The van der Waals surface area contributed by atoms with E-state index in [2.05, 4.69) is 14.5 Å². The molecule has 0 radical (unpaired) electrons. The Balaban J connectivity index is 1.87. The van der Waals surface area contributed by atoms with E-state index < -0.39 is 0 Å². The average Bonchev–Trinajstić information content (AvgIpc) is 3.12. The number of aromatic nitrogens is 2. The summed E-state index contributed by atoms with van der Waals surface area (Å²) >= 11 is 0. The number of likely N-dealkylation sites (tertiary alicyclic amines) is 1. The first kappa shape index (κ1) is 15.7. The van der Waals surface area contributed by atoms with Gasteiger partial charge in [-0.15, -0.1) is 0 Å². The average molecular weight is 314 g/mol. The van der Waals surface area contributed by atoms with E-state index in [1.807, 2.05) is 43.5 Å². The van der Waals surface area contributed by atoms with Crippen LogP contribution in [0.2, 0.25) is 0 Å². The van der Waals surface area contributed by atoms with Gasteiger partial charge in [-0.2, -0.15) is 0 Å². The number of primary amides is 1. The molecule has 1 saturated heterocycles. The lowest BCUT2D eigenvalue weighted by molar-refractivity contribution is -0.122. The van der Waals surface area contributed by atoms with Crippen LogP contribution in [-0.2, 0) is 16.1 Å². The molecule has 1 amide bonds. The number of carbonyl (C=O) groups is 1. The third-order valence-corrected chi connectivity index (χ3v) is 4.42. The first-order valence-corrected chi connectivity index (χ1v) is 7.75. The topological polar surface area (TPSA) is 73.4 Å². The molecule has 2 heterocycles. The predicted molar refractivity (Wildman–Crippen MR) is 87.1 cm³/mol. The summed E-state index contributed by atoms with van der Waals surface area (Å²) in [5, 5.41) is 0. The van der Waals surface area contributed by atoms with E-state index in [1.165, 1.54) is 0 Å². The van der Waals surface area contributed by atoms with Crippen LogP contribution in [0.1, 0.15) is 17.9 Å². The summed E-state index contributed by atoms with van der Waals surface area (Å²) in [6.07, 6.45) is 2.55. The van der Waals surface area contributed by atoms with Gasteiger partial charge in [0.15, 0.2) is 0 Å². The lowest BCUT2D eigenvalue weighted by Gasteiger charge is -2.22. The molecule has 0 bridgehead atoms. The summed E-state index contributed by atoms with van der Waals surface area (Å²) in [5.74, 6) is 0.622. The van der Waals surface area contributed by atoms with Gasteiger partial charge in [0.1, 0.15) is 5.82 Å². The van der Waals surface area contributed by atoms with Crippen LogP contribution in [0.5, 0.6) is 0 Å². The quantitative estimate of drug-likeness (QED) is 0.901. The monoisotopic (exact) mass is 314 g/mol. The number of carbonyl (C=O) groups excluding carboxylic acids is 1. The molecule has 0 spiro atoms. The largest absolute Gasteiger partial charge is 0.380 e. The molecule has 3 rings (SSSR count). The van der Waals surface area contributed by atoms with E-state index in [1.54, 1.807) is 7.11 Å². The number of methoxy groups -OCH3 is 1. The summed E-state index contributed by atoms with van der Waals surface area (Å²) in [7, 11) is 1.67. The molecule has 6 heteroatoms. The fourth-order valence-corrected chi connectivity index (χ4v) is 3.24. The maximum Gasteiger partial charge on any atom is 0.234 e. The molecule has 23 heavy (non-hydrogen) atoms. The number of hydrogen-bond acceptors (Lipinski definition) is 4. The van der Waals surface area contributed by atoms with Crippen molar-refractivity contribution in [1.29, 1.82) is 0 Å². The molecule has 0 saturated carbocycles. The number of nitrogens with zero attached hydrogens (tertiary/aromatic N) is 3. The molecule has 0 unspecified atom stereocenters. The van der Waals surface area contributed by atoms with Crippen molar-refractivity contribution >= 4 is 5.91 Å². The zero-order valence-electron chi connectivity index (χ0n) is 13.5. The fraction of sp³-hybridized carbons (Fsp3) is 0.412. The summed E-state index contributed by atoms with van der Waals surface area (Å²) in [4.78, 5) is 18.2. The van der Waals surface area contributed by atoms with E-state index in [9.17, 15) is 4.79 Å². The maximum absolute atomic E-state index is 11.7. The summed E-state index contributed by atoms with van der Waals surface area (Å²) in [6, 6.07) is 9.79. The van der Waals surface area contributed by atoms with Gasteiger partial charge < -0.3 is 10.5 Å². The lowest BCUT2D eigenvalue weighted by atomic mass is 10.2. The Morgan fingerprint density at radius 2 is 2.13 bits per heavy atom. The first-order valence-electron chi connectivity index (χ1n) is 7.75. The predicted octanol–water partition coefficient (Wildman–Crippen LogP) is 1.26. The number of nitrogens with two attached hydrogens (primary N) is 1. The lowest BCUT2D eigenvalue weighted by Crippen LogP contribution is -2.40. The van der Waals surface area contributed by atoms with Gasteiger partial charge >= 0.3 is 0 Å². The molecular formula is C17H22N4O2. The smallest absolute Gasteiger partial charge is 0.234 e. The fourth-order valence-electron chi connectivity index (χ4n) is 3.24. The van der Waals surface area contributed by atoms with Gasteiger partial charge in [-0.25, -0.2) is 4.98 Å². The first-order chi connectivity index (χ1) is 11.1. The Kier molecular flexibility index (Phi) is 4.45. The van der Waals surface area contributed by atoms with E-state index >= 15 is 0 Å². The van der Waals surface area contributed by atoms with Gasteiger partial charge in [0.2, 0.25) is 5.91 Å². The Bertz CT molecular complexity index is 683. The van der Waals surface area contributed by atoms with Crippen molar-refractivity contribution in [3.8, 4) is 5.69 Å². The molecule has 1 aliphatic rings. The van der Waals surface area contributed by atoms with Gasteiger partial charge in [0, 0.05) is 25.9 Å². The number of aryl methyl sites for hydroxylation is 1. The van der Waals surface area contributed by atoms with Crippen LogP contribution in [0.25, 0.3) is 5.69 Å². The third-order valence-electron chi connectivity index (χ3n) is 4.42. The normalized spacial score (nSPS) is 21.7. The highest BCUT2D eigenvalue weighted by Crippen LogP contribution is 2.24. The van der Waals surface area contributed by atoms with Gasteiger partial charge in [-0.1, -0.05) is 18.2 Å². The zero-order chi connectivity index (χ0) is 16.4. The number of amides is 1. The van der Waals surface area contributed by atoms with Gasteiger partial charge in [-0.05, 0) is 25.5 Å². The zero-order valence-corrected chi connectivity index (χ0v) is 13.5. The van der Waals surface area contributed by atoms with Crippen LogP contribution in [0.3, 0.4) is 0 Å². The van der Waals surface area contributed by atoms with Crippen LogP contribution >= 0.6 is 0 Å². The van der Waals surface area contributed by atoms with Crippen molar-refractivity contribution in [2.24, 2.45) is 5.73 Å². The van der Waals surface area contributed by atoms with Gasteiger partial charge in [0.25, 0.3) is 0 Å². The summed E-state index contributed by atoms with van der Waals surface area (Å²) < 4.78 is 7.52. The molecular weight excluding hydrogens is 292 g/mol. The molecule has 2 N–H and O–H groups in total. The van der Waals surface area contributed by atoms with Crippen molar-refractivity contribution in [3.05, 3.63) is 48.0 Å². The summed E-state index contributed by atoms with van der Waals surface area (Å²) in [6.45, 7) is 3.29. The second kappa shape index (κ2) is 6.52. The number of para-hydroxylation sites is 1. The van der Waals surface area contributed by atoms with Crippen molar-refractivity contribution in [2.45, 2.75) is 32.0 Å². The van der Waals surface area contributed by atoms with Crippen LogP contribution in [0.15, 0.2) is 36.5 Å². The number of imidazole rings is 1. The highest BCUT2D eigenvalue weighted by Gasteiger charge is 2.36. The highest BCUT2D eigenvalue weighted by atomic mass is 16.5. The summed E-state index contributed by atoms with van der Waals surface area (Å²) in [5.41, 5.74) is 7.66. The Hall–Kier alpha value is -2.18. The van der Waals surface area contributed by atoms with E-state index in [0.29, 0.717) is 19.5 Å². The van der Waals surface area contributed by atoms with Crippen LogP contribution in [-0.4, -0.2) is 46.2 Å². The molecule has 0 aliphatic carbocycles. The minimum atomic E-state index is -0.299. The van der Waals surface area contributed by atoms with Gasteiger partial charge in [0.05, 0.1) is 24.0 Å². The SMILES string of the molecule is CO[C@H]1C[C@@H](C(N)=O)N(Cc2cnc(C)n2-c2ccccc2)C1. The second-order valence-electron chi connectivity index (χ2n) is 5.91. The number of ether oxygens (including phenoxy) is 1. The molecule has 1 fully saturated rings. The minimum Gasteiger partial charge on any atom is -0.380 e. The van der Waals surface area contributed by atoms with E-state index in [4.69, 9.17) is 10.5 Å². The van der Waals surface area contributed by atoms with Crippen molar-refractivity contribution in [2.75, 3.05) is 13.7 Å². The van der Waals surface area contributed by atoms with Crippen molar-refractivity contribution in [3.63, 3.8) is 0 Å². The standard InChI is InChI=1S/C17H22N4O2/c1-12-19-9-14(21(12)13-6-4-3-5-7-13)10-20-11-15(23-2)8-16(20)17(18)22/h3-7,9,15-16H,8,10-11H2,1-2H3,(H2,18,22)/t15-,16-/m0/s1. The van der Waals surface area contributed by atoms with Crippen molar-refractivity contribution < 1.29 is 9.53 Å². The van der Waals surface area contributed by atoms with Crippen LogP contribution in [0.4, 0.5) is 0 Å². The molecule has 1 aromatic carbocycles. The Morgan fingerprint density at radius 1 is 1.39 bits per heavy atom. The molecule has 6 nitrogen and oxygen atoms in total. The molecule has 2 aromatic rings.